The van der Waals surface area contributed by atoms with Gasteiger partial charge in [0.1, 0.15) is 0 Å². The van der Waals surface area contributed by atoms with Gasteiger partial charge in [-0.15, -0.1) is 0 Å². The van der Waals surface area contributed by atoms with Gasteiger partial charge < -0.3 is 25.0 Å². The summed E-state index contributed by atoms with van der Waals surface area (Å²) >= 11 is 0. The normalized spacial score (nSPS) is 28.5. The van der Waals surface area contributed by atoms with Gasteiger partial charge in [0.15, 0.2) is 5.96 Å². The van der Waals surface area contributed by atoms with E-state index in [1.807, 2.05) is 0 Å². The van der Waals surface area contributed by atoms with E-state index < -0.39 is 0 Å². The number of hydrogen-bond donors (Lipinski definition) is 2. The number of nitrogens with zero attached hydrogens (tertiary/aromatic N) is 2. The summed E-state index contributed by atoms with van der Waals surface area (Å²) in [4.78, 5) is 7.33. The third-order valence-corrected chi connectivity index (χ3v) is 7.07. The molecule has 2 saturated carbocycles. The molecule has 1 aliphatic heterocycles. The third-order valence-electron chi connectivity index (χ3n) is 7.07. The van der Waals surface area contributed by atoms with Crippen molar-refractivity contribution in [1.29, 1.82) is 0 Å². The third kappa shape index (κ3) is 5.19. The van der Waals surface area contributed by atoms with Crippen molar-refractivity contribution in [2.75, 3.05) is 46.5 Å². The highest BCUT2D eigenvalue weighted by atomic mass is 16.5. The summed E-state index contributed by atoms with van der Waals surface area (Å²) in [5.74, 6) is 1.02. The SMILES string of the molecule is CCN=C(NC1CCN(CCCOC)CC1)NC1CC(OCC)C12CCCC2. The number of rotatable bonds is 9. The quantitative estimate of drug-likeness (QED) is 0.358. The van der Waals surface area contributed by atoms with Gasteiger partial charge in [0.05, 0.1) is 6.10 Å². The fraction of sp³-hybridized carbons (Fsp3) is 0.955. The van der Waals surface area contributed by atoms with Crippen LogP contribution >= 0.6 is 0 Å². The minimum absolute atomic E-state index is 0.344. The number of ether oxygens (including phenoxy) is 2. The highest BCUT2D eigenvalue weighted by Crippen LogP contribution is 2.54. The van der Waals surface area contributed by atoms with Gasteiger partial charge in [-0.1, -0.05) is 12.8 Å². The first kappa shape index (κ1) is 21.8. The van der Waals surface area contributed by atoms with Crippen molar-refractivity contribution in [3.8, 4) is 0 Å². The van der Waals surface area contributed by atoms with E-state index in [-0.39, 0.29) is 0 Å². The summed E-state index contributed by atoms with van der Waals surface area (Å²) in [5.41, 5.74) is 0.344. The molecule has 0 amide bonds. The van der Waals surface area contributed by atoms with E-state index in [9.17, 15) is 0 Å². The summed E-state index contributed by atoms with van der Waals surface area (Å²) in [6.07, 6.45) is 10.4. The Hall–Kier alpha value is -0.850. The second-order valence-corrected chi connectivity index (χ2v) is 8.75. The van der Waals surface area contributed by atoms with Crippen molar-refractivity contribution in [3.63, 3.8) is 0 Å². The Morgan fingerprint density at radius 1 is 1.14 bits per heavy atom. The minimum atomic E-state index is 0.344. The molecule has 0 bridgehead atoms. The fourth-order valence-corrected chi connectivity index (χ4v) is 5.47. The summed E-state index contributed by atoms with van der Waals surface area (Å²) in [6, 6.07) is 1.04. The number of guanidine groups is 1. The molecule has 2 unspecified atom stereocenters. The van der Waals surface area contributed by atoms with Gasteiger partial charge in [-0.3, -0.25) is 4.99 Å². The minimum Gasteiger partial charge on any atom is -0.385 e. The average Bonchev–Trinajstić information content (AvgIpc) is 3.22. The van der Waals surface area contributed by atoms with Crippen LogP contribution in [0.2, 0.25) is 0 Å². The number of methoxy groups -OCH3 is 1. The van der Waals surface area contributed by atoms with E-state index >= 15 is 0 Å². The van der Waals surface area contributed by atoms with Crippen molar-refractivity contribution < 1.29 is 9.47 Å². The van der Waals surface area contributed by atoms with Crippen molar-refractivity contribution in [2.45, 2.75) is 83.4 Å². The highest BCUT2D eigenvalue weighted by molar-refractivity contribution is 5.80. The second-order valence-electron chi connectivity index (χ2n) is 8.75. The Kier molecular flexibility index (Phi) is 8.42. The van der Waals surface area contributed by atoms with E-state index in [1.54, 1.807) is 7.11 Å². The van der Waals surface area contributed by atoms with Gasteiger partial charge in [-0.05, 0) is 52.4 Å². The van der Waals surface area contributed by atoms with Crippen molar-refractivity contribution in [1.82, 2.24) is 15.5 Å². The highest BCUT2D eigenvalue weighted by Gasteiger charge is 2.57. The van der Waals surface area contributed by atoms with Crippen LogP contribution < -0.4 is 10.6 Å². The zero-order valence-corrected chi connectivity index (χ0v) is 18.3. The molecule has 1 saturated heterocycles. The summed E-state index contributed by atoms with van der Waals surface area (Å²) in [7, 11) is 1.78. The lowest BCUT2D eigenvalue weighted by molar-refractivity contribution is -0.125. The zero-order chi connectivity index (χ0) is 19.8. The molecule has 6 heteroatoms. The maximum Gasteiger partial charge on any atom is 0.191 e. The molecule has 3 fully saturated rings. The zero-order valence-electron chi connectivity index (χ0n) is 18.3. The van der Waals surface area contributed by atoms with Gasteiger partial charge in [-0.25, -0.2) is 0 Å². The molecule has 0 aromatic rings. The van der Waals surface area contributed by atoms with Crippen LogP contribution in [0.3, 0.4) is 0 Å². The maximum atomic E-state index is 6.07. The first-order valence-corrected chi connectivity index (χ1v) is 11.6. The Morgan fingerprint density at radius 3 is 2.54 bits per heavy atom. The first-order valence-electron chi connectivity index (χ1n) is 11.6. The molecule has 162 valence electrons. The van der Waals surface area contributed by atoms with Crippen LogP contribution in [0.15, 0.2) is 4.99 Å². The average molecular weight is 395 g/mol. The van der Waals surface area contributed by atoms with Crippen LogP contribution in [0.4, 0.5) is 0 Å². The van der Waals surface area contributed by atoms with Crippen LogP contribution in [-0.4, -0.2) is 75.5 Å². The second kappa shape index (κ2) is 10.8. The molecule has 6 nitrogen and oxygen atoms in total. The van der Waals surface area contributed by atoms with E-state index in [2.05, 4.69) is 29.4 Å². The van der Waals surface area contributed by atoms with Crippen LogP contribution in [0.25, 0.3) is 0 Å². The molecule has 1 spiro atoms. The number of aliphatic imine (C=N–C) groups is 1. The Morgan fingerprint density at radius 2 is 1.89 bits per heavy atom. The topological polar surface area (TPSA) is 58.1 Å². The molecule has 28 heavy (non-hydrogen) atoms. The van der Waals surface area contributed by atoms with Crippen LogP contribution in [0.1, 0.15) is 65.2 Å². The monoisotopic (exact) mass is 394 g/mol. The maximum absolute atomic E-state index is 6.07. The molecule has 0 radical (unpaired) electrons. The van der Waals surface area contributed by atoms with E-state index in [0.29, 0.717) is 23.6 Å². The first-order chi connectivity index (χ1) is 13.7. The van der Waals surface area contributed by atoms with Gasteiger partial charge >= 0.3 is 0 Å². The number of likely N-dealkylation sites (tertiary alicyclic amines) is 1. The van der Waals surface area contributed by atoms with Gasteiger partial charge in [0, 0.05) is 64.0 Å². The summed E-state index contributed by atoms with van der Waals surface area (Å²) < 4.78 is 11.3. The van der Waals surface area contributed by atoms with E-state index in [0.717, 1.165) is 45.1 Å². The van der Waals surface area contributed by atoms with Crippen LogP contribution in [-0.2, 0) is 9.47 Å². The molecule has 0 aromatic heterocycles. The molecule has 3 aliphatic rings. The van der Waals surface area contributed by atoms with E-state index in [1.165, 1.54) is 51.6 Å². The predicted molar refractivity (Wildman–Crippen MR) is 115 cm³/mol. The lowest BCUT2D eigenvalue weighted by Gasteiger charge is -2.54. The molecule has 1 heterocycles. The Labute approximate surface area is 171 Å². The van der Waals surface area contributed by atoms with Crippen molar-refractivity contribution >= 4 is 5.96 Å². The molecule has 2 N–H and O–H groups in total. The smallest absolute Gasteiger partial charge is 0.191 e. The standard InChI is InChI=1S/C22H42N4O2/c1-4-23-21(24-18-9-14-26(15-10-18)13-8-16-27-3)25-19-17-20(28-5-2)22(19)11-6-7-12-22/h18-20H,4-17H2,1-3H3,(H2,23,24,25). The Balaban J connectivity index is 1.48. The van der Waals surface area contributed by atoms with Gasteiger partial charge in [0.25, 0.3) is 0 Å². The lowest BCUT2D eigenvalue weighted by atomic mass is 9.60. The van der Waals surface area contributed by atoms with Gasteiger partial charge in [-0.2, -0.15) is 0 Å². The summed E-state index contributed by atoms with van der Waals surface area (Å²) in [6.45, 7) is 10.2. The van der Waals surface area contributed by atoms with Crippen LogP contribution in [0, 0.1) is 5.41 Å². The molecular formula is C22H42N4O2. The predicted octanol–water partition coefficient (Wildman–Crippen LogP) is 2.78. The number of piperidine rings is 1. The van der Waals surface area contributed by atoms with Crippen molar-refractivity contribution in [2.24, 2.45) is 10.4 Å². The molecule has 2 atom stereocenters. The number of nitrogens with one attached hydrogen (secondary N) is 2. The van der Waals surface area contributed by atoms with Crippen molar-refractivity contribution in [3.05, 3.63) is 0 Å². The fourth-order valence-electron chi connectivity index (χ4n) is 5.47. The Bertz CT molecular complexity index is 485. The molecular weight excluding hydrogens is 352 g/mol. The van der Waals surface area contributed by atoms with Gasteiger partial charge in [0.2, 0.25) is 0 Å². The van der Waals surface area contributed by atoms with E-state index in [4.69, 9.17) is 14.5 Å². The lowest BCUT2D eigenvalue weighted by Crippen LogP contribution is -2.65. The molecule has 0 aromatic carbocycles. The summed E-state index contributed by atoms with van der Waals surface area (Å²) in [5, 5.41) is 7.55. The largest absolute Gasteiger partial charge is 0.385 e. The van der Waals surface area contributed by atoms with Crippen LogP contribution in [0.5, 0.6) is 0 Å². The molecule has 2 aliphatic carbocycles. The molecule has 3 rings (SSSR count). The number of hydrogen-bond acceptors (Lipinski definition) is 4.